The van der Waals surface area contributed by atoms with Gasteiger partial charge < -0.3 is 4.74 Å². The average molecular weight is 263 g/mol. The highest BCUT2D eigenvalue weighted by Crippen LogP contribution is 2.20. The maximum Gasteiger partial charge on any atom is 0.158 e. The van der Waals surface area contributed by atoms with Crippen LogP contribution in [0, 0.1) is 0 Å². The highest BCUT2D eigenvalue weighted by Gasteiger charge is 2.03. The summed E-state index contributed by atoms with van der Waals surface area (Å²) in [7, 11) is 1.54. The van der Waals surface area contributed by atoms with E-state index in [4.69, 9.17) is 4.74 Å². The largest absolute Gasteiger partial charge is 0.377 e. The third kappa shape index (κ3) is 4.02. The van der Waals surface area contributed by atoms with Crippen molar-refractivity contribution >= 4 is 33.0 Å². The molecular formula is C9H11BrO2S. The molecule has 0 fully saturated rings. The van der Waals surface area contributed by atoms with Gasteiger partial charge in [0.25, 0.3) is 0 Å². The molecule has 0 saturated carbocycles. The third-order valence-electron chi connectivity index (χ3n) is 1.58. The highest BCUT2D eigenvalue weighted by atomic mass is 79.9. The molecule has 0 N–H and O–H groups in total. The first kappa shape index (κ1) is 10.9. The van der Waals surface area contributed by atoms with Crippen molar-refractivity contribution in [2.75, 3.05) is 13.7 Å². The standard InChI is InChI=1S/C9H11BrO2S/c1-12-5-8(11)2-3-9-4-7(10)6-13-9/h4,6H,2-3,5H2,1H3. The van der Waals surface area contributed by atoms with Crippen molar-refractivity contribution < 1.29 is 9.53 Å². The second kappa shape index (κ2) is 5.52. The number of hydrogen-bond donors (Lipinski definition) is 0. The minimum absolute atomic E-state index is 0.159. The monoisotopic (exact) mass is 262 g/mol. The van der Waals surface area contributed by atoms with Gasteiger partial charge in [-0.25, -0.2) is 0 Å². The fourth-order valence-electron chi connectivity index (χ4n) is 0.981. The van der Waals surface area contributed by atoms with Crippen molar-refractivity contribution in [1.29, 1.82) is 0 Å². The van der Waals surface area contributed by atoms with E-state index in [1.807, 2.05) is 11.4 Å². The van der Waals surface area contributed by atoms with Crippen LogP contribution in [-0.4, -0.2) is 19.5 Å². The first-order valence-electron chi connectivity index (χ1n) is 3.96. The molecule has 0 bridgehead atoms. The Bertz CT molecular complexity index is 283. The average Bonchev–Trinajstić information content (AvgIpc) is 2.49. The topological polar surface area (TPSA) is 26.3 Å². The van der Waals surface area contributed by atoms with Gasteiger partial charge in [-0.2, -0.15) is 0 Å². The number of halogens is 1. The number of aryl methyl sites for hydroxylation is 1. The normalized spacial score (nSPS) is 10.3. The Morgan fingerprint density at radius 1 is 1.69 bits per heavy atom. The fraction of sp³-hybridized carbons (Fsp3) is 0.444. The van der Waals surface area contributed by atoms with Crippen LogP contribution in [0.25, 0.3) is 0 Å². The summed E-state index contributed by atoms with van der Waals surface area (Å²) in [5, 5.41) is 2.02. The summed E-state index contributed by atoms with van der Waals surface area (Å²) in [6.45, 7) is 0.229. The Labute approximate surface area is 90.0 Å². The fourth-order valence-corrected chi connectivity index (χ4v) is 2.44. The molecule has 72 valence electrons. The van der Waals surface area contributed by atoms with Crippen molar-refractivity contribution in [3.63, 3.8) is 0 Å². The number of ketones is 1. The van der Waals surface area contributed by atoms with E-state index in [1.54, 1.807) is 18.4 Å². The van der Waals surface area contributed by atoms with E-state index in [-0.39, 0.29) is 12.4 Å². The van der Waals surface area contributed by atoms with E-state index in [0.29, 0.717) is 6.42 Å². The van der Waals surface area contributed by atoms with Crippen LogP contribution in [0.1, 0.15) is 11.3 Å². The first-order valence-corrected chi connectivity index (χ1v) is 5.63. The van der Waals surface area contributed by atoms with Gasteiger partial charge in [0.05, 0.1) is 0 Å². The molecule has 0 aliphatic rings. The molecule has 0 amide bonds. The zero-order valence-corrected chi connectivity index (χ0v) is 9.78. The molecule has 1 aromatic rings. The van der Waals surface area contributed by atoms with Crippen LogP contribution in [0.3, 0.4) is 0 Å². The van der Waals surface area contributed by atoms with Gasteiger partial charge in [-0.1, -0.05) is 0 Å². The summed E-state index contributed by atoms with van der Waals surface area (Å²) in [6.07, 6.45) is 1.39. The van der Waals surface area contributed by atoms with Crippen LogP contribution >= 0.6 is 27.3 Å². The lowest BCUT2D eigenvalue weighted by molar-refractivity contribution is -0.122. The SMILES string of the molecule is COCC(=O)CCc1cc(Br)cs1. The molecule has 1 heterocycles. The van der Waals surface area contributed by atoms with E-state index in [0.717, 1.165) is 10.9 Å². The minimum atomic E-state index is 0.159. The van der Waals surface area contributed by atoms with E-state index in [9.17, 15) is 4.79 Å². The summed E-state index contributed by atoms with van der Waals surface area (Å²) in [5.74, 6) is 0.159. The van der Waals surface area contributed by atoms with Gasteiger partial charge in [-0.15, -0.1) is 11.3 Å². The Kier molecular flexibility index (Phi) is 4.62. The van der Waals surface area contributed by atoms with Crippen LogP contribution in [0.4, 0.5) is 0 Å². The Balaban J connectivity index is 2.30. The zero-order valence-electron chi connectivity index (χ0n) is 7.38. The zero-order chi connectivity index (χ0) is 9.68. The number of thiophene rings is 1. The van der Waals surface area contributed by atoms with Gasteiger partial charge in [0.2, 0.25) is 0 Å². The van der Waals surface area contributed by atoms with E-state index >= 15 is 0 Å². The number of ether oxygens (including phenoxy) is 1. The predicted octanol–water partition coefficient (Wildman–Crippen LogP) is 2.66. The summed E-state index contributed by atoms with van der Waals surface area (Å²) in [4.78, 5) is 12.3. The summed E-state index contributed by atoms with van der Waals surface area (Å²) < 4.78 is 5.83. The molecular weight excluding hydrogens is 252 g/mol. The van der Waals surface area contributed by atoms with Crippen LogP contribution < -0.4 is 0 Å². The van der Waals surface area contributed by atoms with Gasteiger partial charge in [0, 0.05) is 28.3 Å². The lowest BCUT2D eigenvalue weighted by Gasteiger charge is -1.96. The van der Waals surface area contributed by atoms with Gasteiger partial charge in [-0.3, -0.25) is 4.79 Å². The Morgan fingerprint density at radius 3 is 3.00 bits per heavy atom. The van der Waals surface area contributed by atoms with Crippen molar-refractivity contribution in [2.24, 2.45) is 0 Å². The van der Waals surface area contributed by atoms with E-state index < -0.39 is 0 Å². The molecule has 0 aliphatic heterocycles. The Hall–Kier alpha value is -0.190. The lowest BCUT2D eigenvalue weighted by Crippen LogP contribution is -2.06. The number of Topliss-reactive ketones (excluding diaryl/α,β-unsaturated/α-hetero) is 1. The molecule has 0 aliphatic carbocycles. The van der Waals surface area contributed by atoms with Crippen molar-refractivity contribution in [3.8, 4) is 0 Å². The molecule has 2 nitrogen and oxygen atoms in total. The summed E-state index contributed by atoms with van der Waals surface area (Å²) in [6, 6.07) is 2.05. The molecule has 1 aromatic heterocycles. The lowest BCUT2D eigenvalue weighted by atomic mass is 10.2. The number of carbonyl (C=O) groups is 1. The molecule has 1 rings (SSSR count). The smallest absolute Gasteiger partial charge is 0.158 e. The molecule has 0 radical (unpaired) electrons. The second-order valence-electron chi connectivity index (χ2n) is 2.70. The van der Waals surface area contributed by atoms with Crippen LogP contribution in [0.2, 0.25) is 0 Å². The molecule has 13 heavy (non-hydrogen) atoms. The molecule has 0 spiro atoms. The van der Waals surface area contributed by atoms with Gasteiger partial charge in [-0.05, 0) is 28.4 Å². The number of hydrogen-bond acceptors (Lipinski definition) is 3. The number of methoxy groups -OCH3 is 1. The summed E-state index contributed by atoms with van der Waals surface area (Å²) >= 11 is 5.04. The maximum absolute atomic E-state index is 11.1. The molecule has 0 saturated heterocycles. The van der Waals surface area contributed by atoms with Crippen molar-refractivity contribution in [2.45, 2.75) is 12.8 Å². The quantitative estimate of drug-likeness (QED) is 0.816. The van der Waals surface area contributed by atoms with Gasteiger partial charge >= 0.3 is 0 Å². The summed E-state index contributed by atoms with van der Waals surface area (Å²) in [5.41, 5.74) is 0. The molecule has 0 unspecified atom stereocenters. The van der Waals surface area contributed by atoms with Crippen LogP contribution in [-0.2, 0) is 16.0 Å². The number of rotatable bonds is 5. The maximum atomic E-state index is 11.1. The molecule has 0 atom stereocenters. The predicted molar refractivity (Wildman–Crippen MR) is 57.2 cm³/mol. The molecule has 4 heteroatoms. The van der Waals surface area contributed by atoms with Crippen molar-refractivity contribution in [1.82, 2.24) is 0 Å². The van der Waals surface area contributed by atoms with Crippen LogP contribution in [0.5, 0.6) is 0 Å². The van der Waals surface area contributed by atoms with Crippen molar-refractivity contribution in [3.05, 3.63) is 20.8 Å². The van der Waals surface area contributed by atoms with Crippen LogP contribution in [0.15, 0.2) is 15.9 Å². The van der Waals surface area contributed by atoms with E-state index in [1.165, 1.54) is 4.88 Å². The Morgan fingerprint density at radius 2 is 2.46 bits per heavy atom. The second-order valence-corrected chi connectivity index (χ2v) is 4.61. The number of carbonyl (C=O) groups excluding carboxylic acids is 1. The highest BCUT2D eigenvalue weighted by molar-refractivity contribution is 9.10. The molecule has 0 aromatic carbocycles. The first-order chi connectivity index (χ1) is 6.22. The van der Waals surface area contributed by atoms with E-state index in [2.05, 4.69) is 15.9 Å². The van der Waals surface area contributed by atoms with Gasteiger partial charge in [0.15, 0.2) is 5.78 Å². The third-order valence-corrected chi connectivity index (χ3v) is 3.33. The minimum Gasteiger partial charge on any atom is -0.377 e. The van der Waals surface area contributed by atoms with Gasteiger partial charge in [0.1, 0.15) is 6.61 Å².